The second-order valence-corrected chi connectivity index (χ2v) is 7.31. The van der Waals surface area contributed by atoms with Crippen molar-refractivity contribution in [2.75, 3.05) is 13.1 Å². The maximum absolute atomic E-state index is 14.8. The van der Waals surface area contributed by atoms with Gasteiger partial charge in [-0.15, -0.1) is 0 Å². The third-order valence-corrected chi connectivity index (χ3v) is 5.46. The van der Waals surface area contributed by atoms with Gasteiger partial charge in [-0.05, 0) is 61.7 Å². The van der Waals surface area contributed by atoms with E-state index in [-0.39, 0.29) is 5.83 Å². The van der Waals surface area contributed by atoms with Crippen LogP contribution >= 0.6 is 23.2 Å². The molecule has 5 heteroatoms. The van der Waals surface area contributed by atoms with Crippen LogP contribution in [-0.2, 0) is 0 Å². The average Bonchev–Trinajstić information content (AvgIpc) is 2.62. The van der Waals surface area contributed by atoms with Crippen molar-refractivity contribution in [3.05, 3.63) is 69.2 Å². The van der Waals surface area contributed by atoms with Crippen molar-refractivity contribution in [3.8, 4) is 5.75 Å². The molecule has 0 amide bonds. The van der Waals surface area contributed by atoms with Crippen LogP contribution in [0.5, 0.6) is 5.75 Å². The second kappa shape index (κ2) is 6.99. The van der Waals surface area contributed by atoms with Crippen LogP contribution in [0.25, 0.3) is 5.83 Å². The number of nitrogens with one attached hydrogen (secondary N) is 1. The number of para-hydroxylation sites is 1. The molecule has 1 atom stereocenters. The van der Waals surface area contributed by atoms with Crippen LogP contribution in [0.1, 0.15) is 41.6 Å². The molecule has 0 aliphatic carbocycles. The first-order chi connectivity index (χ1) is 12.1. The first-order valence-corrected chi connectivity index (χ1v) is 9.22. The Labute approximate surface area is 156 Å². The number of halogens is 3. The maximum atomic E-state index is 14.8. The molecule has 2 aromatic carbocycles. The van der Waals surface area contributed by atoms with Crippen LogP contribution < -0.4 is 10.1 Å². The van der Waals surface area contributed by atoms with Gasteiger partial charge in [0.2, 0.25) is 0 Å². The Kier molecular flexibility index (Phi) is 4.72. The highest BCUT2D eigenvalue weighted by molar-refractivity contribution is 6.35. The standard InChI is InChI=1S/C20H18Cl2FNO/c21-13-4-5-15(17(22)10-13)19-11-18(23)16-3-1-2-14(20(16)25-19)12-6-8-24-9-7-12/h1-5,10-12,19,24H,6-9H2. The lowest BCUT2D eigenvalue weighted by Crippen LogP contribution is -2.27. The van der Waals surface area contributed by atoms with Crippen LogP contribution in [-0.4, -0.2) is 13.1 Å². The summed E-state index contributed by atoms with van der Waals surface area (Å²) < 4.78 is 21.0. The highest BCUT2D eigenvalue weighted by Crippen LogP contribution is 2.45. The predicted octanol–water partition coefficient (Wildman–Crippen LogP) is 5.90. The molecule has 0 bridgehead atoms. The van der Waals surface area contributed by atoms with Gasteiger partial charge in [0, 0.05) is 15.6 Å². The molecule has 2 aromatic rings. The summed E-state index contributed by atoms with van der Waals surface area (Å²) in [6.07, 6.45) is 2.97. The van der Waals surface area contributed by atoms with E-state index < -0.39 is 6.10 Å². The van der Waals surface area contributed by atoms with E-state index in [4.69, 9.17) is 27.9 Å². The van der Waals surface area contributed by atoms with Gasteiger partial charge in [0.1, 0.15) is 17.7 Å². The van der Waals surface area contributed by atoms with Crippen molar-refractivity contribution < 1.29 is 9.13 Å². The zero-order valence-corrected chi connectivity index (χ0v) is 15.1. The molecule has 25 heavy (non-hydrogen) atoms. The Morgan fingerprint density at radius 1 is 1.04 bits per heavy atom. The van der Waals surface area contributed by atoms with Gasteiger partial charge in [0.05, 0.1) is 5.56 Å². The third-order valence-electron chi connectivity index (χ3n) is 4.89. The molecule has 2 nitrogen and oxygen atoms in total. The van der Waals surface area contributed by atoms with E-state index >= 15 is 0 Å². The minimum atomic E-state index is -0.555. The Balaban J connectivity index is 1.74. The van der Waals surface area contributed by atoms with E-state index in [0.717, 1.165) is 31.5 Å². The first kappa shape index (κ1) is 16.9. The predicted molar refractivity (Wildman–Crippen MR) is 100 cm³/mol. The van der Waals surface area contributed by atoms with Crippen LogP contribution in [0.15, 0.2) is 42.5 Å². The summed E-state index contributed by atoms with van der Waals surface area (Å²) in [6.45, 7) is 1.94. The molecule has 0 spiro atoms. The van der Waals surface area contributed by atoms with Crippen LogP contribution in [0.4, 0.5) is 4.39 Å². The SMILES string of the molecule is FC1=CC(c2ccc(Cl)cc2Cl)Oc2c1cccc2C1CCNCC1. The lowest BCUT2D eigenvalue weighted by Gasteiger charge is -2.30. The average molecular weight is 378 g/mol. The summed E-state index contributed by atoms with van der Waals surface area (Å²) in [4.78, 5) is 0. The zero-order chi connectivity index (χ0) is 17.4. The topological polar surface area (TPSA) is 21.3 Å². The van der Waals surface area contributed by atoms with Gasteiger partial charge in [0.15, 0.2) is 0 Å². The Bertz CT molecular complexity index is 830. The molecule has 2 aliphatic rings. The monoisotopic (exact) mass is 377 g/mol. The smallest absolute Gasteiger partial charge is 0.147 e. The number of piperidine rings is 1. The van der Waals surface area contributed by atoms with E-state index in [1.807, 2.05) is 12.1 Å². The molecule has 4 rings (SSSR count). The molecule has 130 valence electrons. The molecular weight excluding hydrogens is 360 g/mol. The van der Waals surface area contributed by atoms with Crippen LogP contribution in [0, 0.1) is 0 Å². The highest BCUT2D eigenvalue weighted by Gasteiger charge is 2.29. The quantitative estimate of drug-likeness (QED) is 0.702. The van der Waals surface area contributed by atoms with Crippen molar-refractivity contribution >= 4 is 29.0 Å². The van der Waals surface area contributed by atoms with Gasteiger partial charge >= 0.3 is 0 Å². The van der Waals surface area contributed by atoms with Crippen molar-refractivity contribution in [1.29, 1.82) is 0 Å². The summed E-state index contributed by atoms with van der Waals surface area (Å²) in [5.41, 5.74) is 2.32. The van der Waals surface area contributed by atoms with Gasteiger partial charge < -0.3 is 10.1 Å². The van der Waals surface area contributed by atoms with Gasteiger partial charge in [0.25, 0.3) is 0 Å². The fourth-order valence-electron chi connectivity index (χ4n) is 3.60. The molecule has 2 heterocycles. The van der Waals surface area contributed by atoms with Gasteiger partial charge in [-0.3, -0.25) is 0 Å². The number of ether oxygens (including phenoxy) is 1. The minimum Gasteiger partial charge on any atom is -0.480 e. The zero-order valence-electron chi connectivity index (χ0n) is 13.6. The van der Waals surface area contributed by atoms with E-state index in [2.05, 4.69) is 5.32 Å². The molecule has 0 saturated carbocycles. The third kappa shape index (κ3) is 3.29. The highest BCUT2D eigenvalue weighted by atomic mass is 35.5. The fourth-order valence-corrected chi connectivity index (χ4v) is 4.11. The first-order valence-electron chi connectivity index (χ1n) is 8.46. The number of benzene rings is 2. The Morgan fingerprint density at radius 2 is 1.84 bits per heavy atom. The largest absolute Gasteiger partial charge is 0.480 e. The molecule has 1 fully saturated rings. The molecule has 0 aromatic heterocycles. The van der Waals surface area contributed by atoms with Crippen molar-refractivity contribution in [1.82, 2.24) is 5.32 Å². The molecular formula is C20H18Cl2FNO. The van der Waals surface area contributed by atoms with E-state index in [1.54, 1.807) is 24.3 Å². The number of hydrogen-bond acceptors (Lipinski definition) is 2. The van der Waals surface area contributed by atoms with Gasteiger partial charge in [-0.2, -0.15) is 0 Å². The molecule has 0 radical (unpaired) electrons. The minimum absolute atomic E-state index is 0.270. The summed E-state index contributed by atoms with van der Waals surface area (Å²) in [7, 11) is 0. The lowest BCUT2D eigenvalue weighted by atomic mass is 9.87. The summed E-state index contributed by atoms with van der Waals surface area (Å²) >= 11 is 12.3. The lowest BCUT2D eigenvalue weighted by molar-refractivity contribution is 0.242. The summed E-state index contributed by atoms with van der Waals surface area (Å²) in [6, 6.07) is 10.9. The Morgan fingerprint density at radius 3 is 2.60 bits per heavy atom. The van der Waals surface area contributed by atoms with E-state index in [0.29, 0.717) is 32.8 Å². The number of fused-ring (bicyclic) bond motifs is 1. The molecule has 1 N–H and O–H groups in total. The van der Waals surface area contributed by atoms with Crippen LogP contribution in [0.3, 0.4) is 0 Å². The molecule has 1 saturated heterocycles. The molecule has 2 aliphatic heterocycles. The fraction of sp³-hybridized carbons (Fsp3) is 0.300. The van der Waals surface area contributed by atoms with Gasteiger partial charge in [-0.1, -0.05) is 41.4 Å². The number of rotatable bonds is 2. The summed E-state index contributed by atoms with van der Waals surface area (Å²) in [5, 5.41) is 4.39. The van der Waals surface area contributed by atoms with Crippen LogP contribution in [0.2, 0.25) is 10.0 Å². The van der Waals surface area contributed by atoms with E-state index in [9.17, 15) is 4.39 Å². The van der Waals surface area contributed by atoms with Gasteiger partial charge in [-0.25, -0.2) is 4.39 Å². The molecule has 1 unspecified atom stereocenters. The van der Waals surface area contributed by atoms with Crippen molar-refractivity contribution in [2.45, 2.75) is 24.9 Å². The Hall–Kier alpha value is -1.55. The maximum Gasteiger partial charge on any atom is 0.147 e. The number of hydrogen-bond donors (Lipinski definition) is 1. The van der Waals surface area contributed by atoms with E-state index in [1.165, 1.54) is 6.08 Å². The summed E-state index contributed by atoms with van der Waals surface area (Å²) in [5.74, 6) is 0.752. The van der Waals surface area contributed by atoms with Crippen molar-refractivity contribution in [3.63, 3.8) is 0 Å². The normalized spacial score (nSPS) is 20.6. The second-order valence-electron chi connectivity index (χ2n) is 6.47. The van der Waals surface area contributed by atoms with Crippen molar-refractivity contribution in [2.24, 2.45) is 0 Å².